The first-order valence-electron chi connectivity index (χ1n) is 10.2. The van der Waals surface area contributed by atoms with E-state index in [1.165, 1.54) is 6.07 Å². The number of carbonyl (C=O) groups is 1. The van der Waals surface area contributed by atoms with Crippen LogP contribution in [0.25, 0.3) is 5.69 Å². The zero-order valence-corrected chi connectivity index (χ0v) is 16.4. The Hall–Kier alpha value is -2.96. The lowest BCUT2D eigenvalue weighted by Gasteiger charge is -2.24. The molecule has 1 amide bonds. The van der Waals surface area contributed by atoms with Crippen LogP contribution < -0.4 is 5.32 Å². The van der Waals surface area contributed by atoms with Crippen molar-refractivity contribution in [2.75, 3.05) is 0 Å². The van der Waals surface area contributed by atoms with E-state index in [1.807, 2.05) is 6.92 Å². The van der Waals surface area contributed by atoms with Gasteiger partial charge in [0.2, 0.25) is 5.76 Å². The Labute approximate surface area is 168 Å². The highest BCUT2D eigenvalue weighted by Gasteiger charge is 2.30. The predicted octanol–water partition coefficient (Wildman–Crippen LogP) is 3.99. The van der Waals surface area contributed by atoms with Crippen LogP contribution in [0.4, 0.5) is 4.39 Å². The van der Waals surface area contributed by atoms with E-state index in [9.17, 15) is 9.18 Å². The molecule has 2 aromatic heterocycles. The van der Waals surface area contributed by atoms with E-state index in [-0.39, 0.29) is 17.8 Å². The molecule has 1 unspecified atom stereocenters. The predicted molar refractivity (Wildman–Crippen MR) is 105 cm³/mol. The first kappa shape index (κ1) is 18.1. The van der Waals surface area contributed by atoms with E-state index in [2.05, 4.69) is 15.6 Å². The normalized spacial score (nSPS) is 18.2. The van der Waals surface area contributed by atoms with Crippen molar-refractivity contribution in [1.82, 2.24) is 20.3 Å². The van der Waals surface area contributed by atoms with Crippen LogP contribution in [0.15, 0.2) is 28.9 Å². The number of carbonyl (C=O) groups excluding carboxylic acids is 1. The van der Waals surface area contributed by atoms with Crippen molar-refractivity contribution in [3.8, 4) is 5.69 Å². The third kappa shape index (κ3) is 3.14. The number of hydrogen-bond acceptors (Lipinski definition) is 4. The molecule has 0 fully saturated rings. The Morgan fingerprint density at radius 3 is 3.00 bits per heavy atom. The minimum Gasteiger partial charge on any atom is -0.350 e. The average molecular weight is 394 g/mol. The number of aryl methyl sites for hydroxylation is 2. The minimum atomic E-state index is -0.305. The van der Waals surface area contributed by atoms with Crippen LogP contribution in [-0.2, 0) is 19.3 Å². The van der Waals surface area contributed by atoms with E-state index in [4.69, 9.17) is 4.52 Å². The van der Waals surface area contributed by atoms with Crippen molar-refractivity contribution >= 4 is 5.91 Å². The highest BCUT2D eigenvalue weighted by Crippen LogP contribution is 2.32. The second-order valence-electron chi connectivity index (χ2n) is 7.98. The van der Waals surface area contributed by atoms with Crippen LogP contribution in [-0.4, -0.2) is 20.8 Å². The Morgan fingerprint density at radius 1 is 1.24 bits per heavy atom. The number of rotatable bonds is 3. The van der Waals surface area contributed by atoms with Gasteiger partial charge in [-0.1, -0.05) is 11.2 Å². The Bertz CT molecular complexity index is 1080. The van der Waals surface area contributed by atoms with Crippen LogP contribution in [0.1, 0.15) is 70.4 Å². The summed E-state index contributed by atoms with van der Waals surface area (Å²) in [5, 5.41) is 11.6. The molecule has 0 aliphatic heterocycles. The van der Waals surface area contributed by atoms with Gasteiger partial charge in [0.15, 0.2) is 0 Å². The molecule has 6 nitrogen and oxygen atoms in total. The van der Waals surface area contributed by atoms with E-state index in [0.29, 0.717) is 11.4 Å². The Morgan fingerprint density at radius 2 is 2.10 bits per heavy atom. The summed E-state index contributed by atoms with van der Waals surface area (Å²) in [5.74, 6) is -0.196. The minimum absolute atomic E-state index is 0.169. The van der Waals surface area contributed by atoms with E-state index < -0.39 is 0 Å². The monoisotopic (exact) mass is 394 g/mol. The van der Waals surface area contributed by atoms with Crippen LogP contribution in [0.5, 0.6) is 0 Å². The first-order valence-corrected chi connectivity index (χ1v) is 10.2. The summed E-state index contributed by atoms with van der Waals surface area (Å²) >= 11 is 0. The quantitative estimate of drug-likeness (QED) is 0.729. The molecule has 7 heteroatoms. The second kappa shape index (κ2) is 7.13. The molecule has 2 aliphatic carbocycles. The van der Waals surface area contributed by atoms with Crippen LogP contribution >= 0.6 is 0 Å². The maximum absolute atomic E-state index is 14.4. The van der Waals surface area contributed by atoms with Gasteiger partial charge in [-0.3, -0.25) is 4.79 Å². The summed E-state index contributed by atoms with van der Waals surface area (Å²) in [5.41, 5.74) is 5.17. The number of amides is 1. The van der Waals surface area contributed by atoms with Gasteiger partial charge < -0.3 is 9.84 Å². The van der Waals surface area contributed by atoms with Gasteiger partial charge in [-0.25, -0.2) is 9.07 Å². The smallest absolute Gasteiger partial charge is 0.290 e. The molecule has 0 radical (unpaired) electrons. The number of benzene rings is 1. The standard InChI is InChI=1S/C22H23FN4O2/c1-13-9-10-16(23)20(11-13)27-19-8-4-7-17(15(19)12-24-27)25-22(28)21-14-5-2-3-6-18(14)26-29-21/h9-12,17H,2-8H2,1H3,(H,25,28). The molecule has 0 spiro atoms. The largest absolute Gasteiger partial charge is 0.350 e. The number of hydrogen-bond donors (Lipinski definition) is 1. The van der Waals surface area contributed by atoms with Gasteiger partial charge in [0.1, 0.15) is 11.5 Å². The second-order valence-corrected chi connectivity index (χ2v) is 7.98. The highest BCUT2D eigenvalue weighted by atomic mass is 19.1. The van der Waals surface area contributed by atoms with Crippen molar-refractivity contribution in [3.05, 3.63) is 64.1 Å². The van der Waals surface area contributed by atoms with Crippen molar-refractivity contribution in [2.24, 2.45) is 0 Å². The lowest BCUT2D eigenvalue weighted by atomic mass is 9.92. The molecule has 2 heterocycles. The SMILES string of the molecule is Cc1ccc(F)c(-n2ncc3c2CCCC3NC(=O)c2onc3c2CCCC3)c1. The molecule has 5 rings (SSSR count). The lowest BCUT2D eigenvalue weighted by molar-refractivity contribution is 0.0894. The number of halogens is 1. The molecule has 1 atom stereocenters. The van der Waals surface area contributed by atoms with Crippen molar-refractivity contribution in [3.63, 3.8) is 0 Å². The molecule has 0 saturated carbocycles. The molecule has 1 aromatic carbocycles. The Balaban J connectivity index is 1.43. The fourth-order valence-electron chi connectivity index (χ4n) is 4.49. The van der Waals surface area contributed by atoms with Gasteiger partial charge in [-0.05, 0) is 69.6 Å². The lowest BCUT2D eigenvalue weighted by Crippen LogP contribution is -2.31. The average Bonchev–Trinajstić information content (AvgIpc) is 3.35. The fraction of sp³-hybridized carbons (Fsp3) is 0.409. The topological polar surface area (TPSA) is 73.0 Å². The molecular weight excluding hydrogens is 371 g/mol. The number of aromatic nitrogens is 3. The number of fused-ring (bicyclic) bond motifs is 2. The maximum atomic E-state index is 14.4. The van der Waals surface area contributed by atoms with E-state index in [1.54, 1.807) is 23.0 Å². The third-order valence-corrected chi connectivity index (χ3v) is 5.98. The van der Waals surface area contributed by atoms with Crippen molar-refractivity contribution < 1.29 is 13.7 Å². The highest BCUT2D eigenvalue weighted by molar-refractivity contribution is 5.93. The zero-order valence-electron chi connectivity index (χ0n) is 16.4. The number of nitrogens with one attached hydrogen (secondary N) is 1. The molecule has 150 valence electrons. The third-order valence-electron chi connectivity index (χ3n) is 5.98. The summed E-state index contributed by atoms with van der Waals surface area (Å²) in [4.78, 5) is 12.9. The van der Waals surface area contributed by atoms with Crippen molar-refractivity contribution in [2.45, 2.75) is 57.9 Å². The first-order chi connectivity index (χ1) is 14.1. The van der Waals surface area contributed by atoms with Crippen molar-refractivity contribution in [1.29, 1.82) is 0 Å². The van der Waals surface area contributed by atoms with E-state index >= 15 is 0 Å². The molecule has 0 bridgehead atoms. The van der Waals surface area contributed by atoms with Gasteiger partial charge in [-0.2, -0.15) is 5.10 Å². The van der Waals surface area contributed by atoms with Crippen LogP contribution in [0.2, 0.25) is 0 Å². The Kier molecular flexibility index (Phi) is 4.45. The molecule has 0 saturated heterocycles. The summed E-state index contributed by atoms with van der Waals surface area (Å²) in [6.07, 6.45) is 8.10. The van der Waals surface area contributed by atoms with Gasteiger partial charge in [0.05, 0.1) is 17.9 Å². The van der Waals surface area contributed by atoms with Crippen LogP contribution in [0.3, 0.4) is 0 Å². The van der Waals surface area contributed by atoms with Crippen LogP contribution in [0, 0.1) is 12.7 Å². The zero-order chi connectivity index (χ0) is 20.0. The summed E-state index contributed by atoms with van der Waals surface area (Å²) in [7, 11) is 0. The van der Waals surface area contributed by atoms with Gasteiger partial charge >= 0.3 is 0 Å². The van der Waals surface area contributed by atoms with Gasteiger partial charge in [0, 0.05) is 16.8 Å². The number of nitrogens with zero attached hydrogens (tertiary/aromatic N) is 3. The molecular formula is C22H23FN4O2. The molecule has 2 aliphatic rings. The van der Waals surface area contributed by atoms with Gasteiger partial charge in [-0.15, -0.1) is 0 Å². The molecule has 29 heavy (non-hydrogen) atoms. The summed E-state index contributed by atoms with van der Waals surface area (Å²) in [6, 6.07) is 4.84. The fourth-order valence-corrected chi connectivity index (χ4v) is 4.49. The summed E-state index contributed by atoms with van der Waals surface area (Å²) in [6.45, 7) is 1.93. The summed E-state index contributed by atoms with van der Waals surface area (Å²) < 4.78 is 21.5. The molecule has 3 aromatic rings. The van der Waals surface area contributed by atoms with E-state index in [0.717, 1.165) is 73.0 Å². The molecule has 1 N–H and O–H groups in total. The van der Waals surface area contributed by atoms with Gasteiger partial charge in [0.25, 0.3) is 5.91 Å². The maximum Gasteiger partial charge on any atom is 0.290 e.